The minimum absolute atomic E-state index is 0.0595. The van der Waals surface area contributed by atoms with Gasteiger partial charge in [0, 0.05) is 24.0 Å². The van der Waals surface area contributed by atoms with Crippen LogP contribution in [0.15, 0.2) is 58.0 Å². The second kappa shape index (κ2) is 6.63. The van der Waals surface area contributed by atoms with Crippen LogP contribution in [-0.4, -0.2) is 15.7 Å². The summed E-state index contributed by atoms with van der Waals surface area (Å²) in [6.07, 6.45) is 6.77. The Bertz CT molecular complexity index is 984. The van der Waals surface area contributed by atoms with Crippen LogP contribution < -0.4 is 10.9 Å². The zero-order valence-corrected chi connectivity index (χ0v) is 14.4. The molecule has 2 heterocycles. The van der Waals surface area contributed by atoms with Crippen molar-refractivity contribution in [3.05, 3.63) is 76.1 Å². The molecule has 1 aromatic carbocycles. The normalized spacial score (nSPS) is 14.0. The zero-order valence-electron chi connectivity index (χ0n) is 14.4. The van der Waals surface area contributed by atoms with E-state index in [1.807, 2.05) is 30.5 Å². The summed E-state index contributed by atoms with van der Waals surface area (Å²) < 4.78 is 7.12. The Labute approximate surface area is 150 Å². The fourth-order valence-corrected chi connectivity index (χ4v) is 3.11. The third-order valence-corrected chi connectivity index (χ3v) is 4.80. The Kier molecular flexibility index (Phi) is 4.16. The van der Waals surface area contributed by atoms with Gasteiger partial charge >= 0.3 is 5.63 Å². The number of carbonyl (C=O) groups excluding carboxylic acids is 1. The van der Waals surface area contributed by atoms with Gasteiger partial charge < -0.3 is 9.73 Å². The first-order valence-electron chi connectivity index (χ1n) is 8.68. The van der Waals surface area contributed by atoms with E-state index in [0.717, 1.165) is 24.9 Å². The lowest BCUT2D eigenvalue weighted by molar-refractivity contribution is 0.102. The van der Waals surface area contributed by atoms with Gasteiger partial charge in [-0.15, -0.1) is 0 Å². The molecular formula is C20H19N3O3. The molecule has 1 aliphatic rings. The van der Waals surface area contributed by atoms with Crippen LogP contribution in [-0.2, 0) is 0 Å². The largest absolute Gasteiger partial charge is 0.427 e. The molecule has 0 unspecified atom stereocenters. The van der Waals surface area contributed by atoms with E-state index < -0.39 is 11.5 Å². The predicted octanol–water partition coefficient (Wildman–Crippen LogP) is 3.65. The average molecular weight is 349 g/mol. The van der Waals surface area contributed by atoms with E-state index in [2.05, 4.69) is 10.4 Å². The Morgan fingerprint density at radius 2 is 2.04 bits per heavy atom. The fraction of sp³-hybridized carbons (Fsp3) is 0.250. The van der Waals surface area contributed by atoms with Crippen molar-refractivity contribution in [1.82, 2.24) is 9.78 Å². The van der Waals surface area contributed by atoms with Crippen LogP contribution in [0.25, 0.3) is 5.69 Å². The number of anilines is 1. The number of benzene rings is 1. The lowest BCUT2D eigenvalue weighted by Crippen LogP contribution is -2.24. The minimum Gasteiger partial charge on any atom is -0.427 e. The number of carbonyl (C=O) groups is 1. The Morgan fingerprint density at radius 1 is 1.27 bits per heavy atom. The van der Waals surface area contributed by atoms with Crippen LogP contribution in [0.3, 0.4) is 0 Å². The molecule has 0 bridgehead atoms. The molecule has 0 aliphatic heterocycles. The van der Waals surface area contributed by atoms with Crippen LogP contribution in [0.5, 0.6) is 0 Å². The van der Waals surface area contributed by atoms with Gasteiger partial charge in [-0.3, -0.25) is 4.79 Å². The summed E-state index contributed by atoms with van der Waals surface area (Å²) in [5.41, 5.74) is 1.62. The molecule has 4 rings (SSSR count). The number of amides is 1. The van der Waals surface area contributed by atoms with E-state index in [4.69, 9.17) is 4.42 Å². The third kappa shape index (κ3) is 3.06. The number of nitrogens with one attached hydrogen (secondary N) is 1. The molecule has 6 heteroatoms. The standard InChI is InChI=1S/C20H19N3O3/c1-13-12-17(14-4-2-5-14)26-20(25)18(13)19(24)22-15-6-8-16(9-7-15)23-11-3-10-21-23/h3,6-12,14H,2,4-5H2,1H3,(H,22,24). The molecule has 2 aromatic heterocycles. The van der Waals surface area contributed by atoms with Crippen molar-refractivity contribution in [2.45, 2.75) is 32.1 Å². The summed E-state index contributed by atoms with van der Waals surface area (Å²) >= 11 is 0. The molecule has 1 aliphatic carbocycles. The van der Waals surface area contributed by atoms with Crippen molar-refractivity contribution in [1.29, 1.82) is 0 Å². The molecular weight excluding hydrogens is 330 g/mol. The van der Waals surface area contributed by atoms with Crippen LogP contribution in [0, 0.1) is 6.92 Å². The van der Waals surface area contributed by atoms with E-state index in [-0.39, 0.29) is 5.56 Å². The average Bonchev–Trinajstić information content (AvgIpc) is 3.07. The molecule has 132 valence electrons. The maximum atomic E-state index is 12.5. The second-order valence-corrected chi connectivity index (χ2v) is 6.57. The number of rotatable bonds is 4. The van der Waals surface area contributed by atoms with Gasteiger partial charge in [-0.2, -0.15) is 5.10 Å². The predicted molar refractivity (Wildman–Crippen MR) is 97.8 cm³/mol. The molecule has 1 fully saturated rings. The molecule has 6 nitrogen and oxygen atoms in total. The lowest BCUT2D eigenvalue weighted by Gasteiger charge is -2.24. The highest BCUT2D eigenvalue weighted by Crippen LogP contribution is 2.36. The van der Waals surface area contributed by atoms with Crippen molar-refractivity contribution < 1.29 is 9.21 Å². The number of nitrogens with zero attached hydrogens (tertiary/aromatic N) is 2. The van der Waals surface area contributed by atoms with Gasteiger partial charge in [0.15, 0.2) is 0 Å². The first-order valence-corrected chi connectivity index (χ1v) is 8.68. The van der Waals surface area contributed by atoms with Crippen molar-refractivity contribution >= 4 is 11.6 Å². The summed E-state index contributed by atoms with van der Waals surface area (Å²) in [6, 6.07) is 10.9. The van der Waals surface area contributed by atoms with E-state index in [1.54, 1.807) is 29.9 Å². The molecule has 0 atom stereocenters. The van der Waals surface area contributed by atoms with Gasteiger partial charge in [-0.1, -0.05) is 6.42 Å². The van der Waals surface area contributed by atoms with Crippen molar-refractivity contribution in [3.63, 3.8) is 0 Å². The highest BCUT2D eigenvalue weighted by atomic mass is 16.4. The van der Waals surface area contributed by atoms with E-state index >= 15 is 0 Å². The highest BCUT2D eigenvalue weighted by Gasteiger charge is 2.25. The zero-order chi connectivity index (χ0) is 18.1. The van der Waals surface area contributed by atoms with Crippen molar-refractivity contribution in [2.24, 2.45) is 0 Å². The Balaban J connectivity index is 1.54. The summed E-state index contributed by atoms with van der Waals surface area (Å²) in [6.45, 7) is 1.77. The maximum absolute atomic E-state index is 12.5. The number of hydrogen-bond donors (Lipinski definition) is 1. The number of aryl methyl sites for hydroxylation is 1. The summed E-state index contributed by atoms with van der Waals surface area (Å²) in [5.74, 6) is 0.551. The van der Waals surface area contributed by atoms with Crippen LogP contribution in [0.4, 0.5) is 5.69 Å². The van der Waals surface area contributed by atoms with Crippen LogP contribution in [0.1, 0.15) is 46.9 Å². The molecule has 0 saturated heterocycles. The molecule has 26 heavy (non-hydrogen) atoms. The van der Waals surface area contributed by atoms with Crippen molar-refractivity contribution in [2.75, 3.05) is 5.32 Å². The van der Waals surface area contributed by atoms with Gasteiger partial charge in [0.1, 0.15) is 11.3 Å². The number of aromatic nitrogens is 2. The van der Waals surface area contributed by atoms with E-state index in [0.29, 0.717) is 22.9 Å². The molecule has 1 amide bonds. The summed E-state index contributed by atoms with van der Waals surface area (Å²) in [4.78, 5) is 24.9. The molecule has 3 aromatic rings. The van der Waals surface area contributed by atoms with Gasteiger partial charge in [0.2, 0.25) is 0 Å². The van der Waals surface area contributed by atoms with Crippen LogP contribution >= 0.6 is 0 Å². The van der Waals surface area contributed by atoms with Gasteiger partial charge in [0.25, 0.3) is 5.91 Å². The van der Waals surface area contributed by atoms with E-state index in [1.165, 1.54) is 0 Å². The van der Waals surface area contributed by atoms with Gasteiger partial charge in [-0.25, -0.2) is 9.48 Å². The summed E-state index contributed by atoms with van der Waals surface area (Å²) in [7, 11) is 0. The third-order valence-electron chi connectivity index (χ3n) is 4.80. The van der Waals surface area contributed by atoms with E-state index in [9.17, 15) is 9.59 Å². The fourth-order valence-electron chi connectivity index (χ4n) is 3.11. The number of hydrogen-bond acceptors (Lipinski definition) is 4. The van der Waals surface area contributed by atoms with Crippen molar-refractivity contribution in [3.8, 4) is 5.69 Å². The monoisotopic (exact) mass is 349 g/mol. The second-order valence-electron chi connectivity index (χ2n) is 6.57. The highest BCUT2D eigenvalue weighted by molar-refractivity contribution is 6.04. The molecule has 0 radical (unpaired) electrons. The Morgan fingerprint density at radius 3 is 2.62 bits per heavy atom. The SMILES string of the molecule is Cc1cc(C2CCC2)oc(=O)c1C(=O)Nc1ccc(-n2cccn2)cc1. The first-order chi connectivity index (χ1) is 12.6. The topological polar surface area (TPSA) is 77.1 Å². The molecule has 0 spiro atoms. The lowest BCUT2D eigenvalue weighted by atomic mass is 9.83. The smallest absolute Gasteiger partial charge is 0.349 e. The minimum atomic E-state index is -0.572. The molecule has 1 saturated carbocycles. The van der Waals surface area contributed by atoms with Gasteiger partial charge in [0.05, 0.1) is 5.69 Å². The molecule has 1 N–H and O–H groups in total. The van der Waals surface area contributed by atoms with Gasteiger partial charge in [-0.05, 0) is 61.7 Å². The first kappa shape index (κ1) is 16.3. The van der Waals surface area contributed by atoms with Crippen LogP contribution in [0.2, 0.25) is 0 Å². The maximum Gasteiger partial charge on any atom is 0.349 e. The Hall–Kier alpha value is -3.15. The summed E-state index contributed by atoms with van der Waals surface area (Å²) in [5, 5.41) is 6.92. The quantitative estimate of drug-likeness (QED) is 0.780.